The van der Waals surface area contributed by atoms with Crippen LogP contribution < -0.4 is 10.2 Å². The number of amides is 2. The average Bonchev–Trinajstić information content (AvgIpc) is 2.60. The summed E-state index contributed by atoms with van der Waals surface area (Å²) < 4.78 is 39.0. The molecule has 2 amide bonds. The highest BCUT2D eigenvalue weighted by atomic mass is 19.4. The molecule has 0 unspecified atom stereocenters. The van der Waals surface area contributed by atoms with E-state index in [-0.39, 0.29) is 5.69 Å². The van der Waals surface area contributed by atoms with E-state index in [1.807, 2.05) is 24.3 Å². The number of carbonyl (C=O) groups excluding carboxylic acids is 2. The number of benzene rings is 2. The van der Waals surface area contributed by atoms with Crippen LogP contribution in [-0.2, 0) is 22.2 Å². The van der Waals surface area contributed by atoms with Crippen molar-refractivity contribution in [3.63, 3.8) is 0 Å². The van der Waals surface area contributed by atoms with Gasteiger partial charge in [-0.05, 0) is 36.6 Å². The van der Waals surface area contributed by atoms with Crippen LogP contribution in [0.4, 0.5) is 24.5 Å². The van der Waals surface area contributed by atoms with E-state index < -0.39 is 30.0 Å². The number of nitrogens with zero attached hydrogens (tertiary/aromatic N) is 1. The first kappa shape index (κ1) is 18.0. The minimum atomic E-state index is -4.58. The molecule has 1 aliphatic heterocycles. The highest BCUT2D eigenvalue weighted by molar-refractivity contribution is 6.09. The smallest absolute Gasteiger partial charge is 0.325 e. The van der Waals surface area contributed by atoms with Crippen molar-refractivity contribution in [3.05, 3.63) is 59.7 Å². The lowest BCUT2D eigenvalue weighted by molar-refractivity contribution is -0.137. The molecule has 0 saturated carbocycles. The van der Waals surface area contributed by atoms with Crippen LogP contribution in [0, 0.1) is 0 Å². The third kappa shape index (κ3) is 3.87. The lowest BCUT2D eigenvalue weighted by Gasteiger charge is -2.29. The Morgan fingerprint density at radius 1 is 1.04 bits per heavy atom. The average molecular weight is 362 g/mol. The Labute approximate surface area is 148 Å². The molecule has 0 aliphatic carbocycles. The zero-order valence-electron chi connectivity index (χ0n) is 13.8. The number of halogens is 3. The monoisotopic (exact) mass is 362 g/mol. The van der Waals surface area contributed by atoms with Gasteiger partial charge in [-0.3, -0.25) is 9.59 Å². The molecule has 0 spiro atoms. The molecule has 1 N–H and O–H groups in total. The van der Waals surface area contributed by atoms with E-state index in [0.29, 0.717) is 6.54 Å². The lowest BCUT2D eigenvalue weighted by Crippen LogP contribution is -2.37. The quantitative estimate of drug-likeness (QED) is 0.839. The number of rotatable bonds is 3. The second-order valence-electron chi connectivity index (χ2n) is 6.05. The molecule has 4 nitrogen and oxygen atoms in total. The Morgan fingerprint density at radius 2 is 1.73 bits per heavy atom. The molecular formula is C19H17F3N2O2. The maximum atomic E-state index is 13.0. The fourth-order valence-corrected chi connectivity index (χ4v) is 3.06. The van der Waals surface area contributed by atoms with Gasteiger partial charge in [0.2, 0.25) is 11.8 Å². The molecule has 3 rings (SSSR count). The molecule has 0 atom stereocenters. The predicted molar refractivity (Wildman–Crippen MR) is 91.8 cm³/mol. The van der Waals surface area contributed by atoms with Gasteiger partial charge in [-0.1, -0.05) is 30.3 Å². The predicted octanol–water partition coefficient (Wildman–Crippen LogP) is 4.01. The van der Waals surface area contributed by atoms with Crippen molar-refractivity contribution in [2.24, 2.45) is 0 Å². The van der Waals surface area contributed by atoms with Gasteiger partial charge < -0.3 is 10.2 Å². The van der Waals surface area contributed by atoms with E-state index in [1.165, 1.54) is 23.1 Å². The summed E-state index contributed by atoms with van der Waals surface area (Å²) in [6.07, 6.45) is -3.47. The number of nitrogens with one attached hydrogen (secondary N) is 1. The van der Waals surface area contributed by atoms with E-state index in [1.54, 1.807) is 0 Å². The second-order valence-corrected chi connectivity index (χ2v) is 6.05. The zero-order chi connectivity index (χ0) is 18.7. The minimum Gasteiger partial charge on any atom is -0.325 e. The SMILES string of the molecule is O=C(CC(=O)N1CCCc2ccccc21)Nc1ccccc1C(F)(F)F. The van der Waals surface area contributed by atoms with Crippen molar-refractivity contribution in [1.29, 1.82) is 0 Å². The Hall–Kier alpha value is -2.83. The molecule has 7 heteroatoms. The molecule has 26 heavy (non-hydrogen) atoms. The van der Waals surface area contributed by atoms with Gasteiger partial charge in [0.25, 0.3) is 0 Å². The van der Waals surface area contributed by atoms with Crippen molar-refractivity contribution in [2.75, 3.05) is 16.8 Å². The van der Waals surface area contributed by atoms with Gasteiger partial charge in [0, 0.05) is 12.2 Å². The van der Waals surface area contributed by atoms with E-state index in [4.69, 9.17) is 0 Å². The number of alkyl halides is 3. The number of anilines is 2. The summed E-state index contributed by atoms with van der Waals surface area (Å²) in [5, 5.41) is 2.20. The van der Waals surface area contributed by atoms with Crippen molar-refractivity contribution < 1.29 is 22.8 Å². The first-order chi connectivity index (χ1) is 12.4. The number of fused-ring (bicyclic) bond motifs is 1. The molecule has 1 aliphatic rings. The summed E-state index contributed by atoms with van der Waals surface area (Å²) in [6, 6.07) is 12.1. The van der Waals surface area contributed by atoms with Gasteiger partial charge in [-0.2, -0.15) is 13.2 Å². The van der Waals surface area contributed by atoms with Gasteiger partial charge in [0.1, 0.15) is 6.42 Å². The summed E-state index contributed by atoms with van der Waals surface area (Å²) in [5.74, 6) is -1.20. The van der Waals surface area contributed by atoms with Crippen LogP contribution in [0.3, 0.4) is 0 Å². The number of para-hydroxylation sites is 2. The molecule has 0 bridgehead atoms. The highest BCUT2D eigenvalue weighted by Gasteiger charge is 2.34. The third-order valence-corrected chi connectivity index (χ3v) is 4.23. The molecule has 1 heterocycles. The summed E-state index contributed by atoms with van der Waals surface area (Å²) >= 11 is 0. The molecule has 0 aromatic heterocycles. The maximum Gasteiger partial charge on any atom is 0.418 e. The molecule has 2 aromatic rings. The number of hydrogen-bond acceptors (Lipinski definition) is 2. The first-order valence-corrected chi connectivity index (χ1v) is 8.20. The van der Waals surface area contributed by atoms with Gasteiger partial charge in [-0.25, -0.2) is 0 Å². The highest BCUT2D eigenvalue weighted by Crippen LogP contribution is 2.34. The van der Waals surface area contributed by atoms with E-state index in [0.717, 1.165) is 30.2 Å². The summed E-state index contributed by atoms with van der Waals surface area (Å²) in [5.41, 5.74) is 0.489. The Balaban J connectivity index is 1.71. The van der Waals surface area contributed by atoms with Crippen LogP contribution in [0.1, 0.15) is 24.0 Å². The summed E-state index contributed by atoms with van der Waals surface area (Å²) in [4.78, 5) is 26.1. The summed E-state index contributed by atoms with van der Waals surface area (Å²) in [7, 11) is 0. The molecular weight excluding hydrogens is 345 g/mol. The van der Waals surface area contributed by atoms with Crippen molar-refractivity contribution in [2.45, 2.75) is 25.4 Å². The van der Waals surface area contributed by atoms with E-state index in [2.05, 4.69) is 5.32 Å². The van der Waals surface area contributed by atoms with Gasteiger partial charge >= 0.3 is 6.18 Å². The van der Waals surface area contributed by atoms with Crippen molar-refractivity contribution in [1.82, 2.24) is 0 Å². The third-order valence-electron chi connectivity index (χ3n) is 4.23. The molecule has 0 fully saturated rings. The van der Waals surface area contributed by atoms with E-state index >= 15 is 0 Å². The number of carbonyl (C=O) groups is 2. The largest absolute Gasteiger partial charge is 0.418 e. The van der Waals surface area contributed by atoms with Gasteiger partial charge in [0.15, 0.2) is 0 Å². The summed E-state index contributed by atoms with van der Waals surface area (Å²) in [6.45, 7) is 0.488. The van der Waals surface area contributed by atoms with Crippen molar-refractivity contribution in [3.8, 4) is 0 Å². The standard InChI is InChI=1S/C19H17F3N2O2/c20-19(21,22)14-8-2-3-9-15(14)23-17(25)12-18(26)24-11-5-7-13-6-1-4-10-16(13)24/h1-4,6,8-10H,5,7,11-12H2,(H,23,25). The van der Waals surface area contributed by atoms with Gasteiger partial charge in [0.05, 0.1) is 11.3 Å². The van der Waals surface area contributed by atoms with Crippen LogP contribution in [0.15, 0.2) is 48.5 Å². The van der Waals surface area contributed by atoms with Crippen LogP contribution in [0.25, 0.3) is 0 Å². The zero-order valence-corrected chi connectivity index (χ0v) is 13.8. The van der Waals surface area contributed by atoms with Crippen LogP contribution in [0.5, 0.6) is 0 Å². The molecule has 136 valence electrons. The molecule has 2 aromatic carbocycles. The van der Waals surface area contributed by atoms with Crippen molar-refractivity contribution >= 4 is 23.2 Å². The lowest BCUT2D eigenvalue weighted by atomic mass is 10.0. The Bertz CT molecular complexity index is 834. The number of aryl methyl sites for hydroxylation is 1. The maximum absolute atomic E-state index is 13.0. The Morgan fingerprint density at radius 3 is 2.50 bits per heavy atom. The van der Waals surface area contributed by atoms with Crippen LogP contribution >= 0.6 is 0 Å². The second kappa shape index (κ2) is 7.19. The molecule has 0 saturated heterocycles. The van der Waals surface area contributed by atoms with Crippen LogP contribution in [-0.4, -0.2) is 18.4 Å². The number of hydrogen-bond donors (Lipinski definition) is 1. The topological polar surface area (TPSA) is 49.4 Å². The minimum absolute atomic E-state index is 0.350. The fourth-order valence-electron chi connectivity index (χ4n) is 3.06. The first-order valence-electron chi connectivity index (χ1n) is 8.20. The normalized spacial score (nSPS) is 13.9. The fraction of sp³-hybridized carbons (Fsp3) is 0.263. The van der Waals surface area contributed by atoms with Gasteiger partial charge in [-0.15, -0.1) is 0 Å². The molecule has 0 radical (unpaired) electrons. The Kier molecular flexibility index (Phi) is 4.97. The van der Waals surface area contributed by atoms with E-state index in [9.17, 15) is 22.8 Å². The van der Waals surface area contributed by atoms with Crippen LogP contribution in [0.2, 0.25) is 0 Å².